The minimum absolute atomic E-state index is 0.0502. The van der Waals surface area contributed by atoms with Gasteiger partial charge in [-0.2, -0.15) is 0 Å². The molecule has 8 nitrogen and oxygen atoms in total. The predicted octanol–water partition coefficient (Wildman–Crippen LogP) is 3.29. The largest absolute Gasteiger partial charge is 0.379 e. The molecule has 3 atom stereocenters. The van der Waals surface area contributed by atoms with E-state index in [-0.39, 0.29) is 18.1 Å². The van der Waals surface area contributed by atoms with Gasteiger partial charge in [-0.1, -0.05) is 48.5 Å². The highest BCUT2D eigenvalue weighted by atomic mass is 16.5. The Kier molecular flexibility index (Phi) is 5.18. The Hall–Kier alpha value is -2.84. The van der Waals surface area contributed by atoms with Crippen molar-refractivity contribution in [3.05, 3.63) is 48.5 Å². The molecule has 1 saturated heterocycles. The van der Waals surface area contributed by atoms with Crippen LogP contribution in [-0.4, -0.2) is 61.2 Å². The van der Waals surface area contributed by atoms with Crippen LogP contribution in [-0.2, 0) is 4.74 Å². The first-order valence-electron chi connectivity index (χ1n) is 10.7. The van der Waals surface area contributed by atoms with E-state index in [0.29, 0.717) is 0 Å². The van der Waals surface area contributed by atoms with Gasteiger partial charge in [0, 0.05) is 19.0 Å². The maximum Gasteiger partial charge on any atom is 0.113 e. The van der Waals surface area contributed by atoms with E-state index in [0.717, 1.165) is 54.8 Å². The van der Waals surface area contributed by atoms with E-state index in [4.69, 9.17) is 4.74 Å². The highest BCUT2D eigenvalue weighted by Gasteiger charge is 2.35. The molecular weight excluding hydrogens is 378 g/mol. The molecule has 4 aromatic rings. The van der Waals surface area contributed by atoms with Crippen molar-refractivity contribution in [1.29, 1.82) is 0 Å². The summed E-state index contributed by atoms with van der Waals surface area (Å²) in [5.41, 5.74) is 3.97. The van der Waals surface area contributed by atoms with Gasteiger partial charge < -0.3 is 4.74 Å². The monoisotopic (exact) mass is 405 g/mol. The molecule has 0 radical (unpaired) electrons. The van der Waals surface area contributed by atoms with Gasteiger partial charge >= 0.3 is 0 Å². The Labute approximate surface area is 175 Å². The molecular formula is C22H27N7O. The lowest BCUT2D eigenvalue weighted by atomic mass is 9.94. The fourth-order valence-electron chi connectivity index (χ4n) is 4.73. The van der Waals surface area contributed by atoms with Gasteiger partial charge in [-0.3, -0.25) is 4.90 Å². The van der Waals surface area contributed by atoms with Crippen LogP contribution < -0.4 is 0 Å². The third-order valence-corrected chi connectivity index (χ3v) is 6.23. The Morgan fingerprint density at radius 2 is 1.43 bits per heavy atom. The minimum Gasteiger partial charge on any atom is -0.379 e. The molecule has 0 N–H and O–H groups in total. The Morgan fingerprint density at radius 3 is 2.07 bits per heavy atom. The number of benzene rings is 2. The van der Waals surface area contributed by atoms with Crippen molar-refractivity contribution in [2.75, 3.05) is 26.3 Å². The zero-order valence-corrected chi connectivity index (χ0v) is 17.4. The first-order valence-corrected chi connectivity index (χ1v) is 10.7. The summed E-state index contributed by atoms with van der Waals surface area (Å²) in [6.45, 7) is 7.72. The van der Waals surface area contributed by atoms with Gasteiger partial charge in [0.2, 0.25) is 0 Å². The molecule has 0 spiro atoms. The SMILES string of the molecule is CCC(C(C)C(N1CCOCC1)n1nnc2ccccc21)n1nnc2ccccc21. The molecule has 3 unspecified atom stereocenters. The summed E-state index contributed by atoms with van der Waals surface area (Å²) in [5, 5.41) is 18.0. The Bertz CT molecular complexity index is 1130. The molecule has 5 rings (SSSR count). The van der Waals surface area contributed by atoms with Gasteiger partial charge in [-0.05, 0) is 30.7 Å². The van der Waals surface area contributed by atoms with Gasteiger partial charge in [0.15, 0.2) is 0 Å². The molecule has 2 aromatic carbocycles. The average molecular weight is 406 g/mol. The summed E-state index contributed by atoms with van der Waals surface area (Å²) in [4.78, 5) is 2.47. The lowest BCUT2D eigenvalue weighted by Gasteiger charge is -2.40. The maximum absolute atomic E-state index is 5.64. The van der Waals surface area contributed by atoms with Crippen LogP contribution >= 0.6 is 0 Å². The van der Waals surface area contributed by atoms with Crippen LogP contribution in [0.2, 0.25) is 0 Å². The van der Waals surface area contributed by atoms with Crippen LogP contribution in [0.3, 0.4) is 0 Å². The van der Waals surface area contributed by atoms with Crippen molar-refractivity contribution in [3.8, 4) is 0 Å². The van der Waals surface area contributed by atoms with E-state index < -0.39 is 0 Å². The van der Waals surface area contributed by atoms with Crippen LogP contribution in [0.15, 0.2) is 48.5 Å². The molecule has 0 bridgehead atoms. The number of hydrogen-bond donors (Lipinski definition) is 0. The van der Waals surface area contributed by atoms with E-state index in [2.05, 4.69) is 60.9 Å². The number of rotatable bonds is 6. The highest BCUT2D eigenvalue weighted by molar-refractivity contribution is 5.74. The number of morpholine rings is 1. The number of aromatic nitrogens is 6. The molecule has 1 aliphatic heterocycles. The summed E-state index contributed by atoms with van der Waals surface area (Å²) in [6, 6.07) is 16.5. The zero-order chi connectivity index (χ0) is 20.5. The predicted molar refractivity (Wildman–Crippen MR) is 115 cm³/mol. The standard InChI is InChI=1S/C22H27N7O/c1-3-19(28-20-10-6-4-8-17(20)23-25-28)16(2)22(27-12-14-30-15-13-27)29-21-11-7-5-9-18(21)24-26-29/h4-11,16,19,22H,3,12-15H2,1-2H3. The van der Waals surface area contributed by atoms with Crippen LogP contribution in [0, 0.1) is 5.92 Å². The van der Waals surface area contributed by atoms with E-state index >= 15 is 0 Å². The molecule has 2 aromatic heterocycles. The second-order valence-corrected chi connectivity index (χ2v) is 7.94. The molecule has 8 heteroatoms. The van der Waals surface area contributed by atoms with Crippen LogP contribution in [0.4, 0.5) is 0 Å². The smallest absolute Gasteiger partial charge is 0.113 e. The lowest BCUT2D eigenvalue weighted by molar-refractivity contribution is -0.0309. The van der Waals surface area contributed by atoms with E-state index in [9.17, 15) is 0 Å². The fourth-order valence-corrected chi connectivity index (χ4v) is 4.73. The van der Waals surface area contributed by atoms with Crippen LogP contribution in [0.1, 0.15) is 32.5 Å². The van der Waals surface area contributed by atoms with Crippen molar-refractivity contribution in [3.63, 3.8) is 0 Å². The van der Waals surface area contributed by atoms with Gasteiger partial charge in [0.25, 0.3) is 0 Å². The van der Waals surface area contributed by atoms with Crippen molar-refractivity contribution < 1.29 is 4.74 Å². The second kappa shape index (κ2) is 8.12. The molecule has 0 amide bonds. The van der Waals surface area contributed by atoms with Crippen LogP contribution in [0.25, 0.3) is 22.1 Å². The maximum atomic E-state index is 5.64. The summed E-state index contributed by atoms with van der Waals surface area (Å²) >= 11 is 0. The first kappa shape index (κ1) is 19.1. The molecule has 156 valence electrons. The van der Waals surface area contributed by atoms with Crippen LogP contribution in [0.5, 0.6) is 0 Å². The summed E-state index contributed by atoms with van der Waals surface area (Å²) in [6.07, 6.45) is 0.997. The van der Waals surface area contributed by atoms with Crippen molar-refractivity contribution in [1.82, 2.24) is 34.9 Å². The molecule has 0 saturated carbocycles. The molecule has 1 fully saturated rings. The van der Waals surface area contributed by atoms with Gasteiger partial charge in [-0.25, -0.2) is 9.36 Å². The Balaban J connectivity index is 1.59. The topological polar surface area (TPSA) is 73.9 Å². The number of para-hydroxylation sites is 2. The number of fused-ring (bicyclic) bond motifs is 2. The van der Waals surface area contributed by atoms with Crippen molar-refractivity contribution in [2.45, 2.75) is 32.5 Å². The quantitative estimate of drug-likeness (QED) is 0.490. The van der Waals surface area contributed by atoms with Crippen molar-refractivity contribution >= 4 is 22.1 Å². The summed E-state index contributed by atoms with van der Waals surface area (Å²) in [5.74, 6) is 0.225. The number of nitrogens with zero attached hydrogens (tertiary/aromatic N) is 7. The van der Waals surface area contributed by atoms with Gasteiger partial charge in [-0.15, -0.1) is 10.2 Å². The fraction of sp³-hybridized carbons (Fsp3) is 0.455. The van der Waals surface area contributed by atoms with Gasteiger partial charge in [0.05, 0.1) is 30.3 Å². The average Bonchev–Trinajstić information content (AvgIpc) is 3.41. The number of hydrogen-bond acceptors (Lipinski definition) is 6. The Morgan fingerprint density at radius 1 is 0.867 bits per heavy atom. The van der Waals surface area contributed by atoms with Gasteiger partial charge in [0.1, 0.15) is 17.2 Å². The first-order chi connectivity index (χ1) is 14.8. The molecule has 3 heterocycles. The van der Waals surface area contributed by atoms with Crippen molar-refractivity contribution in [2.24, 2.45) is 5.92 Å². The minimum atomic E-state index is 0.0502. The zero-order valence-electron chi connectivity index (χ0n) is 17.4. The third kappa shape index (κ3) is 3.26. The second-order valence-electron chi connectivity index (χ2n) is 7.94. The normalized spacial score (nSPS) is 18.6. The molecule has 0 aliphatic carbocycles. The highest BCUT2D eigenvalue weighted by Crippen LogP contribution is 2.36. The molecule has 30 heavy (non-hydrogen) atoms. The lowest BCUT2D eigenvalue weighted by Crippen LogP contribution is -2.46. The summed E-state index contributed by atoms with van der Waals surface area (Å²) < 4.78 is 9.82. The van der Waals surface area contributed by atoms with E-state index in [1.165, 1.54) is 0 Å². The third-order valence-electron chi connectivity index (χ3n) is 6.23. The summed E-state index contributed by atoms with van der Waals surface area (Å²) in [7, 11) is 0. The molecule has 1 aliphatic rings. The van der Waals surface area contributed by atoms with E-state index in [1.54, 1.807) is 0 Å². The number of ether oxygens (including phenoxy) is 1. The van der Waals surface area contributed by atoms with E-state index in [1.807, 2.05) is 36.4 Å².